The highest BCUT2D eigenvalue weighted by Crippen LogP contribution is 2.29. The maximum atomic E-state index is 12.6. The summed E-state index contributed by atoms with van der Waals surface area (Å²) in [5, 5.41) is 0. The van der Waals surface area contributed by atoms with Crippen LogP contribution in [0, 0.1) is 0 Å². The summed E-state index contributed by atoms with van der Waals surface area (Å²) < 4.78 is 37.9. The maximum absolute atomic E-state index is 12.6. The van der Waals surface area contributed by atoms with Crippen LogP contribution in [0.1, 0.15) is 32.8 Å². The van der Waals surface area contributed by atoms with Gasteiger partial charge in [-0.1, -0.05) is 20.8 Å². The molecule has 25 heavy (non-hydrogen) atoms. The Morgan fingerprint density at radius 1 is 1.16 bits per heavy atom. The Morgan fingerprint density at radius 2 is 1.88 bits per heavy atom. The summed E-state index contributed by atoms with van der Waals surface area (Å²) in [6, 6.07) is 2.45. The number of nitrogens with zero attached hydrogens (tertiary/aromatic N) is 3. The first kappa shape index (κ1) is 19.9. The van der Waals surface area contributed by atoms with Crippen molar-refractivity contribution < 1.29 is 18.0 Å². The zero-order valence-electron chi connectivity index (χ0n) is 14.8. The van der Waals surface area contributed by atoms with Crippen LogP contribution in [0.5, 0.6) is 0 Å². The van der Waals surface area contributed by atoms with Gasteiger partial charge in [0.05, 0.1) is 11.3 Å². The zero-order chi connectivity index (χ0) is 18.7. The quantitative estimate of drug-likeness (QED) is 0.808. The molecule has 1 aliphatic heterocycles. The van der Waals surface area contributed by atoms with E-state index < -0.39 is 11.7 Å². The number of carbonyl (C=O) groups is 1. The van der Waals surface area contributed by atoms with E-state index in [1.807, 2.05) is 9.80 Å². The van der Waals surface area contributed by atoms with Gasteiger partial charge in [-0.25, -0.2) is 4.98 Å². The molecule has 0 spiro atoms. The lowest BCUT2D eigenvalue weighted by Gasteiger charge is -2.24. The average Bonchev–Trinajstić information content (AvgIpc) is 2.77. The van der Waals surface area contributed by atoms with Crippen LogP contribution < -0.4 is 4.90 Å². The summed E-state index contributed by atoms with van der Waals surface area (Å²) in [6.07, 6.45) is -2.74. The molecule has 0 N–H and O–H groups in total. The minimum atomic E-state index is -4.38. The summed E-state index contributed by atoms with van der Waals surface area (Å²) in [6.45, 7) is 8.70. The molecule has 1 aromatic rings. The first-order valence-corrected chi connectivity index (χ1v) is 9.25. The van der Waals surface area contributed by atoms with Gasteiger partial charge >= 0.3 is 6.18 Å². The van der Waals surface area contributed by atoms with Gasteiger partial charge in [0.15, 0.2) is 0 Å². The lowest BCUT2D eigenvalue weighted by molar-refractivity contribution is -0.137. The normalized spacial score (nSPS) is 16.7. The molecule has 0 radical (unpaired) electrons. The number of hydrogen-bond acceptors (Lipinski definition) is 4. The predicted octanol–water partition coefficient (Wildman–Crippen LogP) is 3.67. The molecule has 1 aromatic heterocycles. The minimum absolute atomic E-state index is 0.0394. The number of hydrogen-bond donors (Lipinski definition) is 0. The average molecular weight is 375 g/mol. The van der Waals surface area contributed by atoms with Crippen LogP contribution in [-0.4, -0.2) is 52.5 Å². The number of halogens is 3. The summed E-state index contributed by atoms with van der Waals surface area (Å²) >= 11 is 1.62. The first-order chi connectivity index (χ1) is 11.6. The number of anilines is 1. The fraction of sp³-hybridized carbons (Fsp3) is 0.647. The molecule has 0 bridgehead atoms. The van der Waals surface area contributed by atoms with E-state index in [4.69, 9.17) is 0 Å². The van der Waals surface area contributed by atoms with Crippen molar-refractivity contribution in [3.05, 3.63) is 23.9 Å². The van der Waals surface area contributed by atoms with Crippen LogP contribution >= 0.6 is 11.8 Å². The molecule has 0 saturated carbocycles. The van der Waals surface area contributed by atoms with Gasteiger partial charge in [-0.3, -0.25) is 4.79 Å². The van der Waals surface area contributed by atoms with Crippen LogP contribution in [0.3, 0.4) is 0 Å². The van der Waals surface area contributed by atoms with Crippen molar-refractivity contribution in [3.63, 3.8) is 0 Å². The van der Waals surface area contributed by atoms with Crippen LogP contribution in [0.2, 0.25) is 0 Å². The summed E-state index contributed by atoms with van der Waals surface area (Å²) in [5.74, 6) is 1.08. The summed E-state index contributed by atoms with van der Waals surface area (Å²) in [4.78, 5) is 20.1. The highest BCUT2D eigenvalue weighted by atomic mass is 32.2. The standard InChI is InChI=1S/C17H24F3N3OS/c1-16(2,3)25-12-15(24)23-8-4-7-22(9-10-23)14-6-5-13(11-21-14)17(18,19)20/h5-6,11H,4,7-10,12H2,1-3H3. The molecule has 0 aliphatic carbocycles. The Labute approximate surface area is 150 Å². The molecule has 8 heteroatoms. The van der Waals surface area contributed by atoms with E-state index in [2.05, 4.69) is 25.8 Å². The third-order valence-electron chi connectivity index (χ3n) is 3.88. The van der Waals surface area contributed by atoms with Gasteiger partial charge in [0.1, 0.15) is 5.82 Å². The number of amides is 1. The van der Waals surface area contributed by atoms with Crippen molar-refractivity contribution in [1.29, 1.82) is 0 Å². The second kappa shape index (κ2) is 7.85. The summed E-state index contributed by atoms with van der Waals surface area (Å²) in [7, 11) is 0. The number of aromatic nitrogens is 1. The Morgan fingerprint density at radius 3 is 2.44 bits per heavy atom. The van der Waals surface area contributed by atoms with Crippen molar-refractivity contribution in [1.82, 2.24) is 9.88 Å². The fourth-order valence-corrected chi connectivity index (χ4v) is 3.25. The number of pyridine rings is 1. The van der Waals surface area contributed by atoms with Gasteiger partial charge in [-0.15, -0.1) is 11.8 Å². The van der Waals surface area contributed by atoms with Crippen molar-refractivity contribution in [3.8, 4) is 0 Å². The Balaban J connectivity index is 1.93. The predicted molar refractivity (Wildman–Crippen MR) is 94.9 cm³/mol. The van der Waals surface area contributed by atoms with Gasteiger partial charge in [0.2, 0.25) is 5.91 Å². The van der Waals surface area contributed by atoms with Gasteiger partial charge < -0.3 is 9.80 Å². The molecular weight excluding hydrogens is 351 g/mol. The van der Waals surface area contributed by atoms with Crippen LogP contribution in [0.4, 0.5) is 19.0 Å². The molecule has 2 rings (SSSR count). The third kappa shape index (κ3) is 6.09. The molecular formula is C17H24F3N3OS. The second-order valence-electron chi connectivity index (χ2n) is 7.03. The molecule has 1 fully saturated rings. The van der Waals surface area contributed by atoms with Gasteiger partial charge in [0, 0.05) is 37.1 Å². The molecule has 1 saturated heterocycles. The van der Waals surface area contributed by atoms with E-state index >= 15 is 0 Å². The number of alkyl halides is 3. The van der Waals surface area contributed by atoms with Crippen LogP contribution in [0.15, 0.2) is 18.3 Å². The fourth-order valence-electron chi connectivity index (χ4n) is 2.51. The lowest BCUT2D eigenvalue weighted by atomic mass is 10.2. The largest absolute Gasteiger partial charge is 0.417 e. The SMILES string of the molecule is CC(C)(C)SCC(=O)N1CCCN(c2ccc(C(F)(F)F)cn2)CC1. The highest BCUT2D eigenvalue weighted by molar-refractivity contribution is 8.01. The Hall–Kier alpha value is -1.44. The highest BCUT2D eigenvalue weighted by Gasteiger charge is 2.31. The molecule has 1 amide bonds. The van der Waals surface area contributed by atoms with Crippen molar-refractivity contribution >= 4 is 23.5 Å². The Kier molecular flexibility index (Phi) is 6.24. The van der Waals surface area contributed by atoms with E-state index in [0.717, 1.165) is 18.7 Å². The first-order valence-electron chi connectivity index (χ1n) is 8.26. The molecule has 0 atom stereocenters. The van der Waals surface area contributed by atoms with E-state index in [-0.39, 0.29) is 10.7 Å². The van der Waals surface area contributed by atoms with Crippen molar-refractivity contribution in [2.45, 2.75) is 38.1 Å². The summed E-state index contributed by atoms with van der Waals surface area (Å²) in [5.41, 5.74) is -0.748. The molecule has 0 aromatic carbocycles. The molecule has 140 valence electrons. The Bertz CT molecular complexity index is 584. The number of rotatable bonds is 3. The minimum Gasteiger partial charge on any atom is -0.355 e. The van der Waals surface area contributed by atoms with Crippen LogP contribution in [-0.2, 0) is 11.0 Å². The van der Waals surface area contributed by atoms with Gasteiger partial charge in [0.25, 0.3) is 0 Å². The van der Waals surface area contributed by atoms with E-state index in [0.29, 0.717) is 37.7 Å². The topological polar surface area (TPSA) is 36.4 Å². The molecule has 1 aliphatic rings. The third-order valence-corrected chi connectivity index (χ3v) is 5.13. The van der Waals surface area contributed by atoms with Gasteiger partial charge in [-0.2, -0.15) is 13.2 Å². The molecule has 0 unspecified atom stereocenters. The number of carbonyl (C=O) groups excluding carboxylic acids is 1. The van der Waals surface area contributed by atoms with Crippen molar-refractivity contribution in [2.75, 3.05) is 36.8 Å². The maximum Gasteiger partial charge on any atom is 0.417 e. The number of thioether (sulfide) groups is 1. The second-order valence-corrected chi connectivity index (χ2v) is 8.83. The van der Waals surface area contributed by atoms with Gasteiger partial charge in [-0.05, 0) is 18.6 Å². The van der Waals surface area contributed by atoms with Crippen LogP contribution in [0.25, 0.3) is 0 Å². The lowest BCUT2D eigenvalue weighted by Crippen LogP contribution is -2.37. The van der Waals surface area contributed by atoms with Crippen molar-refractivity contribution in [2.24, 2.45) is 0 Å². The van der Waals surface area contributed by atoms with E-state index in [1.54, 1.807) is 11.8 Å². The molecule has 2 heterocycles. The van der Waals surface area contributed by atoms with E-state index in [1.165, 1.54) is 6.07 Å². The zero-order valence-corrected chi connectivity index (χ0v) is 15.6. The smallest absolute Gasteiger partial charge is 0.355 e. The monoisotopic (exact) mass is 375 g/mol. The van der Waals surface area contributed by atoms with E-state index in [9.17, 15) is 18.0 Å². The molecule has 4 nitrogen and oxygen atoms in total.